The van der Waals surface area contributed by atoms with E-state index in [2.05, 4.69) is 36.3 Å². The number of hydrogen-bond acceptors (Lipinski definition) is 3. The summed E-state index contributed by atoms with van der Waals surface area (Å²) in [6.45, 7) is 6.76. The second kappa shape index (κ2) is 5.78. The van der Waals surface area contributed by atoms with Crippen LogP contribution in [0.1, 0.15) is 50.8 Å². The van der Waals surface area contributed by atoms with Crippen LogP contribution in [-0.2, 0) is 6.54 Å². The molecule has 2 N–H and O–H groups in total. The molecule has 0 aromatic carbocycles. The predicted octanol–water partition coefficient (Wildman–Crippen LogP) is 3.87. The lowest BCUT2D eigenvalue weighted by Crippen LogP contribution is -2.57. The zero-order valence-corrected chi connectivity index (χ0v) is 13.7. The zero-order chi connectivity index (χ0) is 14.2. The Hall–Kier alpha value is -0.380. The number of nitrogens with two attached hydrogens (primary N) is 1. The van der Waals surface area contributed by atoms with Crippen LogP contribution in [0, 0.1) is 11.8 Å². The van der Waals surface area contributed by atoms with Gasteiger partial charge in [0.25, 0.3) is 0 Å². The van der Waals surface area contributed by atoms with Gasteiger partial charge < -0.3 is 5.73 Å². The Bertz CT molecular complexity index is 414. The molecule has 0 radical (unpaired) electrons. The van der Waals surface area contributed by atoms with Crippen molar-refractivity contribution in [1.82, 2.24) is 4.90 Å². The van der Waals surface area contributed by atoms with Crippen LogP contribution < -0.4 is 5.73 Å². The first-order valence-electron chi connectivity index (χ1n) is 8.12. The fraction of sp³-hybridized carbons (Fsp3) is 0.765. The Morgan fingerprint density at radius 3 is 2.50 bits per heavy atom. The Balaban J connectivity index is 1.83. The molecule has 2 aliphatic rings. The summed E-state index contributed by atoms with van der Waals surface area (Å²) in [5.74, 6) is 1.62. The molecule has 112 valence electrons. The van der Waals surface area contributed by atoms with E-state index in [-0.39, 0.29) is 5.54 Å². The van der Waals surface area contributed by atoms with Gasteiger partial charge in [-0.2, -0.15) is 0 Å². The summed E-state index contributed by atoms with van der Waals surface area (Å²) >= 11 is 1.89. The molecule has 2 saturated carbocycles. The molecule has 3 rings (SSSR count). The van der Waals surface area contributed by atoms with E-state index in [4.69, 9.17) is 5.73 Å². The highest BCUT2D eigenvalue weighted by Crippen LogP contribution is 2.45. The quantitative estimate of drug-likeness (QED) is 0.892. The number of hydrogen-bond donors (Lipinski definition) is 1. The SMILES string of the molecule is CC1CC(C)CC(CN)(N(Cc2cccs2)C2CC2)C1. The van der Waals surface area contributed by atoms with Gasteiger partial charge in [0.05, 0.1) is 0 Å². The van der Waals surface area contributed by atoms with Crippen LogP contribution in [0.15, 0.2) is 17.5 Å². The molecule has 20 heavy (non-hydrogen) atoms. The van der Waals surface area contributed by atoms with Crippen molar-refractivity contribution in [2.45, 2.75) is 64.1 Å². The molecule has 2 nitrogen and oxygen atoms in total. The molecule has 0 bridgehead atoms. The fourth-order valence-corrected chi connectivity index (χ4v) is 5.10. The van der Waals surface area contributed by atoms with Crippen LogP contribution in [0.2, 0.25) is 0 Å². The highest BCUT2D eigenvalue weighted by Gasteiger charge is 2.46. The zero-order valence-electron chi connectivity index (χ0n) is 12.8. The molecule has 0 spiro atoms. The van der Waals surface area contributed by atoms with Gasteiger partial charge in [-0.3, -0.25) is 4.90 Å². The minimum Gasteiger partial charge on any atom is -0.329 e. The normalized spacial score (nSPS) is 34.6. The van der Waals surface area contributed by atoms with Gasteiger partial charge >= 0.3 is 0 Å². The molecule has 1 heterocycles. The summed E-state index contributed by atoms with van der Waals surface area (Å²) in [5, 5.41) is 2.20. The van der Waals surface area contributed by atoms with E-state index < -0.39 is 0 Å². The van der Waals surface area contributed by atoms with Crippen molar-refractivity contribution >= 4 is 11.3 Å². The Labute approximate surface area is 127 Å². The van der Waals surface area contributed by atoms with Crippen molar-refractivity contribution in [2.75, 3.05) is 6.54 Å². The monoisotopic (exact) mass is 292 g/mol. The first kappa shape index (κ1) is 14.6. The maximum Gasteiger partial charge on any atom is 0.0343 e. The lowest BCUT2D eigenvalue weighted by molar-refractivity contribution is 0.00732. The summed E-state index contributed by atoms with van der Waals surface area (Å²) in [6.07, 6.45) is 6.69. The molecule has 1 aromatic heterocycles. The second-order valence-corrected chi connectivity index (χ2v) is 8.25. The third-order valence-electron chi connectivity index (χ3n) is 5.14. The van der Waals surface area contributed by atoms with Gasteiger partial charge in [-0.25, -0.2) is 0 Å². The van der Waals surface area contributed by atoms with E-state index in [0.717, 1.165) is 31.0 Å². The minimum atomic E-state index is 0.252. The van der Waals surface area contributed by atoms with Gasteiger partial charge in [0.1, 0.15) is 0 Å². The van der Waals surface area contributed by atoms with Gasteiger partial charge in [0, 0.05) is 29.5 Å². The Morgan fingerprint density at radius 2 is 2.00 bits per heavy atom. The van der Waals surface area contributed by atoms with Crippen molar-refractivity contribution in [2.24, 2.45) is 17.6 Å². The molecule has 0 saturated heterocycles. The van der Waals surface area contributed by atoms with E-state index in [1.165, 1.54) is 37.0 Å². The standard InChI is InChI=1S/C17H28N2S/c1-13-8-14(2)10-17(9-13,12-18)19(15-5-6-15)11-16-4-3-7-20-16/h3-4,7,13-15H,5-6,8-12,18H2,1-2H3. The minimum absolute atomic E-state index is 0.252. The highest BCUT2D eigenvalue weighted by molar-refractivity contribution is 7.09. The van der Waals surface area contributed by atoms with Crippen molar-refractivity contribution in [3.8, 4) is 0 Å². The molecule has 2 fully saturated rings. The molecule has 2 atom stereocenters. The van der Waals surface area contributed by atoms with E-state index in [0.29, 0.717) is 0 Å². The summed E-state index contributed by atoms with van der Waals surface area (Å²) < 4.78 is 0. The highest BCUT2D eigenvalue weighted by atomic mass is 32.1. The van der Waals surface area contributed by atoms with Crippen LogP contribution in [0.3, 0.4) is 0 Å². The van der Waals surface area contributed by atoms with Crippen LogP contribution >= 0.6 is 11.3 Å². The number of thiophene rings is 1. The Morgan fingerprint density at radius 1 is 1.30 bits per heavy atom. The predicted molar refractivity (Wildman–Crippen MR) is 86.8 cm³/mol. The van der Waals surface area contributed by atoms with Crippen LogP contribution in [0.4, 0.5) is 0 Å². The molecule has 1 aromatic rings. The molecule has 3 heteroatoms. The van der Waals surface area contributed by atoms with Crippen LogP contribution in [0.5, 0.6) is 0 Å². The lowest BCUT2D eigenvalue weighted by atomic mass is 9.70. The van der Waals surface area contributed by atoms with Gasteiger partial charge in [-0.05, 0) is 55.4 Å². The van der Waals surface area contributed by atoms with Gasteiger partial charge in [-0.1, -0.05) is 19.9 Å². The molecular formula is C17H28N2S. The summed E-state index contributed by atoms with van der Waals surface area (Å²) in [6, 6.07) is 5.24. The average Bonchev–Trinajstić information content (AvgIpc) is 3.11. The van der Waals surface area contributed by atoms with Crippen molar-refractivity contribution in [1.29, 1.82) is 0 Å². The Kier molecular flexibility index (Phi) is 4.21. The molecule has 0 aliphatic heterocycles. The second-order valence-electron chi connectivity index (χ2n) is 7.22. The maximum absolute atomic E-state index is 6.32. The molecule has 0 amide bonds. The van der Waals surface area contributed by atoms with Crippen molar-refractivity contribution < 1.29 is 0 Å². The topological polar surface area (TPSA) is 29.3 Å². The van der Waals surface area contributed by atoms with E-state index in [1.807, 2.05) is 11.3 Å². The molecule has 2 aliphatic carbocycles. The van der Waals surface area contributed by atoms with E-state index in [9.17, 15) is 0 Å². The summed E-state index contributed by atoms with van der Waals surface area (Å²) in [7, 11) is 0. The van der Waals surface area contributed by atoms with Crippen LogP contribution in [-0.4, -0.2) is 23.0 Å². The maximum atomic E-state index is 6.32. The third-order valence-corrected chi connectivity index (χ3v) is 6.01. The van der Waals surface area contributed by atoms with Crippen molar-refractivity contribution in [3.05, 3.63) is 22.4 Å². The van der Waals surface area contributed by atoms with Crippen LogP contribution in [0.25, 0.3) is 0 Å². The largest absolute Gasteiger partial charge is 0.329 e. The lowest BCUT2D eigenvalue weighted by Gasteiger charge is -2.50. The van der Waals surface area contributed by atoms with Gasteiger partial charge in [0.15, 0.2) is 0 Å². The number of rotatable bonds is 5. The fourth-order valence-electron chi connectivity index (χ4n) is 4.39. The first-order valence-corrected chi connectivity index (χ1v) is 9.00. The molecular weight excluding hydrogens is 264 g/mol. The average molecular weight is 292 g/mol. The van der Waals surface area contributed by atoms with Crippen molar-refractivity contribution in [3.63, 3.8) is 0 Å². The summed E-state index contributed by atoms with van der Waals surface area (Å²) in [4.78, 5) is 4.28. The number of nitrogens with zero attached hydrogens (tertiary/aromatic N) is 1. The smallest absolute Gasteiger partial charge is 0.0343 e. The van der Waals surface area contributed by atoms with E-state index >= 15 is 0 Å². The first-order chi connectivity index (χ1) is 9.63. The van der Waals surface area contributed by atoms with Gasteiger partial charge in [0.2, 0.25) is 0 Å². The third kappa shape index (κ3) is 2.95. The summed E-state index contributed by atoms with van der Waals surface area (Å²) in [5.41, 5.74) is 6.57. The van der Waals surface area contributed by atoms with Gasteiger partial charge in [-0.15, -0.1) is 11.3 Å². The molecule has 2 unspecified atom stereocenters. The van der Waals surface area contributed by atoms with E-state index in [1.54, 1.807) is 0 Å².